The Kier molecular flexibility index (Phi) is 7.56. The molecule has 0 bridgehead atoms. The molecule has 1 unspecified atom stereocenters. The lowest BCUT2D eigenvalue weighted by Crippen LogP contribution is -2.43. The minimum atomic E-state index is -0.0120. The van der Waals surface area contributed by atoms with E-state index in [1.165, 1.54) is 5.56 Å². The fourth-order valence-electron chi connectivity index (χ4n) is 3.88. The van der Waals surface area contributed by atoms with Gasteiger partial charge < -0.3 is 10.2 Å². The predicted molar refractivity (Wildman–Crippen MR) is 125 cm³/mol. The minimum absolute atomic E-state index is 0.0120. The van der Waals surface area contributed by atoms with Gasteiger partial charge in [0.2, 0.25) is 5.91 Å². The summed E-state index contributed by atoms with van der Waals surface area (Å²) in [6.45, 7) is 2.30. The van der Waals surface area contributed by atoms with E-state index >= 15 is 0 Å². The summed E-state index contributed by atoms with van der Waals surface area (Å²) in [6.07, 6.45) is 7.30. The molecule has 5 nitrogen and oxygen atoms in total. The van der Waals surface area contributed by atoms with Gasteiger partial charge in [-0.15, -0.1) is 0 Å². The van der Waals surface area contributed by atoms with Crippen LogP contribution >= 0.6 is 11.8 Å². The number of anilines is 1. The fraction of sp³-hybridized carbons (Fsp3) is 0.320. The highest BCUT2D eigenvalue weighted by Crippen LogP contribution is 2.33. The first kappa shape index (κ1) is 21.4. The van der Waals surface area contributed by atoms with Crippen molar-refractivity contribution in [2.75, 3.05) is 24.5 Å². The zero-order valence-corrected chi connectivity index (χ0v) is 18.4. The van der Waals surface area contributed by atoms with E-state index < -0.39 is 0 Å². The number of carbonyl (C=O) groups is 1. The maximum absolute atomic E-state index is 12.8. The van der Waals surface area contributed by atoms with Crippen molar-refractivity contribution < 1.29 is 4.79 Å². The minimum Gasteiger partial charge on any atom is -0.356 e. The predicted octanol–water partition coefficient (Wildman–Crippen LogP) is 4.59. The van der Waals surface area contributed by atoms with Crippen LogP contribution in [0.5, 0.6) is 0 Å². The van der Waals surface area contributed by atoms with Gasteiger partial charge in [-0.05, 0) is 43.4 Å². The number of hydrogen-bond donors (Lipinski definition) is 1. The van der Waals surface area contributed by atoms with Gasteiger partial charge >= 0.3 is 0 Å². The maximum atomic E-state index is 12.8. The molecule has 2 heterocycles. The molecule has 1 aliphatic heterocycles. The van der Waals surface area contributed by atoms with Crippen LogP contribution in [0, 0.1) is 5.92 Å². The summed E-state index contributed by atoms with van der Waals surface area (Å²) in [4.78, 5) is 25.3. The van der Waals surface area contributed by atoms with Crippen LogP contribution in [0.4, 0.5) is 5.82 Å². The molecule has 0 saturated carbocycles. The maximum Gasteiger partial charge on any atom is 0.224 e. The van der Waals surface area contributed by atoms with E-state index in [1.807, 2.05) is 24.3 Å². The molecule has 6 heteroatoms. The molecule has 1 N–H and O–H groups in total. The third-order valence-corrected chi connectivity index (χ3v) is 6.47. The van der Waals surface area contributed by atoms with E-state index in [1.54, 1.807) is 24.2 Å². The van der Waals surface area contributed by atoms with Crippen LogP contribution in [0.25, 0.3) is 0 Å². The number of aryl methyl sites for hydroxylation is 1. The zero-order valence-electron chi connectivity index (χ0n) is 17.6. The van der Waals surface area contributed by atoms with Crippen LogP contribution in [-0.2, 0) is 11.2 Å². The molecule has 1 fully saturated rings. The Morgan fingerprint density at radius 2 is 1.77 bits per heavy atom. The Morgan fingerprint density at radius 1 is 1.03 bits per heavy atom. The molecular formula is C25H28N4OS. The van der Waals surface area contributed by atoms with Gasteiger partial charge in [0.25, 0.3) is 0 Å². The lowest BCUT2D eigenvalue weighted by Gasteiger charge is -2.33. The largest absolute Gasteiger partial charge is 0.356 e. The highest BCUT2D eigenvalue weighted by Gasteiger charge is 2.28. The Morgan fingerprint density at radius 3 is 2.58 bits per heavy atom. The van der Waals surface area contributed by atoms with Gasteiger partial charge in [0.1, 0.15) is 5.03 Å². The van der Waals surface area contributed by atoms with Gasteiger partial charge in [0.05, 0.1) is 5.92 Å². The summed E-state index contributed by atoms with van der Waals surface area (Å²) < 4.78 is 0. The van der Waals surface area contributed by atoms with Crippen molar-refractivity contribution in [2.45, 2.75) is 35.6 Å². The van der Waals surface area contributed by atoms with Gasteiger partial charge in [-0.3, -0.25) is 4.79 Å². The Labute approximate surface area is 188 Å². The Hall–Kier alpha value is -2.86. The summed E-state index contributed by atoms with van der Waals surface area (Å²) in [5.41, 5.74) is 1.31. The summed E-state index contributed by atoms with van der Waals surface area (Å²) in [7, 11) is 0. The number of carbonyl (C=O) groups excluding carboxylic acids is 1. The van der Waals surface area contributed by atoms with Crippen LogP contribution in [-0.4, -0.2) is 35.5 Å². The molecule has 160 valence electrons. The normalized spacial score (nSPS) is 16.1. The number of amides is 1. The molecule has 1 saturated heterocycles. The first-order valence-corrected chi connectivity index (χ1v) is 11.7. The molecule has 31 heavy (non-hydrogen) atoms. The molecule has 0 radical (unpaired) electrons. The van der Waals surface area contributed by atoms with E-state index in [0.29, 0.717) is 13.1 Å². The van der Waals surface area contributed by atoms with Crippen LogP contribution in [0.2, 0.25) is 0 Å². The molecule has 1 amide bonds. The molecule has 3 aromatic rings. The van der Waals surface area contributed by atoms with E-state index in [4.69, 9.17) is 0 Å². The molecule has 0 aliphatic carbocycles. The second-order valence-electron chi connectivity index (χ2n) is 7.77. The van der Waals surface area contributed by atoms with E-state index in [-0.39, 0.29) is 11.8 Å². The lowest BCUT2D eigenvalue weighted by molar-refractivity contribution is -0.125. The van der Waals surface area contributed by atoms with Crippen molar-refractivity contribution in [1.29, 1.82) is 0 Å². The first-order valence-electron chi connectivity index (χ1n) is 10.9. The van der Waals surface area contributed by atoms with Gasteiger partial charge in [-0.25, -0.2) is 9.97 Å². The lowest BCUT2D eigenvalue weighted by atomic mass is 9.97. The monoisotopic (exact) mass is 432 g/mol. The molecule has 1 aliphatic rings. The van der Waals surface area contributed by atoms with E-state index in [9.17, 15) is 4.79 Å². The van der Waals surface area contributed by atoms with Crippen molar-refractivity contribution in [1.82, 2.24) is 15.3 Å². The van der Waals surface area contributed by atoms with E-state index in [0.717, 1.165) is 48.0 Å². The Balaban J connectivity index is 1.32. The van der Waals surface area contributed by atoms with Gasteiger partial charge in [0, 0.05) is 36.9 Å². The highest BCUT2D eigenvalue weighted by molar-refractivity contribution is 7.99. The van der Waals surface area contributed by atoms with Crippen molar-refractivity contribution in [2.24, 2.45) is 5.92 Å². The third kappa shape index (κ3) is 6.07. The summed E-state index contributed by atoms with van der Waals surface area (Å²) in [5.74, 6) is 1.01. The Bertz CT molecular complexity index is 968. The fourth-order valence-corrected chi connectivity index (χ4v) is 4.79. The smallest absolute Gasteiger partial charge is 0.224 e. The molecule has 1 aromatic heterocycles. The van der Waals surface area contributed by atoms with Gasteiger partial charge in [-0.1, -0.05) is 60.3 Å². The highest BCUT2D eigenvalue weighted by atomic mass is 32.2. The first-order chi connectivity index (χ1) is 15.3. The molecule has 4 rings (SSSR count). The molecular weight excluding hydrogens is 404 g/mol. The number of benzene rings is 2. The molecule has 1 atom stereocenters. The summed E-state index contributed by atoms with van der Waals surface area (Å²) in [5, 5.41) is 4.03. The average molecular weight is 433 g/mol. The second kappa shape index (κ2) is 11.0. The summed E-state index contributed by atoms with van der Waals surface area (Å²) in [6, 6.07) is 20.6. The quantitative estimate of drug-likeness (QED) is 0.528. The zero-order chi connectivity index (χ0) is 21.3. The topological polar surface area (TPSA) is 58.1 Å². The number of aromatic nitrogens is 2. The van der Waals surface area contributed by atoms with Crippen LogP contribution in [0.3, 0.4) is 0 Å². The van der Waals surface area contributed by atoms with Crippen LogP contribution in [0.1, 0.15) is 24.8 Å². The number of piperidine rings is 1. The van der Waals surface area contributed by atoms with Crippen LogP contribution < -0.4 is 10.2 Å². The van der Waals surface area contributed by atoms with E-state index in [2.05, 4.69) is 56.6 Å². The average Bonchev–Trinajstić information content (AvgIpc) is 2.83. The number of nitrogens with zero attached hydrogens (tertiary/aromatic N) is 3. The van der Waals surface area contributed by atoms with Crippen molar-refractivity contribution in [3.63, 3.8) is 0 Å². The van der Waals surface area contributed by atoms with Gasteiger partial charge in [0.15, 0.2) is 5.82 Å². The third-order valence-electron chi connectivity index (χ3n) is 5.48. The molecule has 2 aromatic carbocycles. The van der Waals surface area contributed by atoms with Crippen molar-refractivity contribution in [3.8, 4) is 0 Å². The van der Waals surface area contributed by atoms with Gasteiger partial charge in [-0.2, -0.15) is 0 Å². The standard InChI is InChI=1S/C25H28N4OS/c30-24(27-15-7-11-20-9-3-1-4-10-20)21-12-8-18-29(19-21)23-25(28-17-16-26-23)31-22-13-5-2-6-14-22/h1-6,9-10,13-14,16-17,21H,7-8,11-12,15,18-19H2,(H,27,30). The molecule has 0 spiro atoms. The van der Waals surface area contributed by atoms with Crippen molar-refractivity contribution in [3.05, 3.63) is 78.6 Å². The van der Waals surface area contributed by atoms with Crippen molar-refractivity contribution >= 4 is 23.5 Å². The number of hydrogen-bond acceptors (Lipinski definition) is 5. The second-order valence-corrected chi connectivity index (χ2v) is 8.83. The SMILES string of the molecule is O=C(NCCCc1ccccc1)C1CCCN(c2nccnc2Sc2ccccc2)C1. The summed E-state index contributed by atoms with van der Waals surface area (Å²) >= 11 is 1.62. The number of rotatable bonds is 8. The number of nitrogens with one attached hydrogen (secondary N) is 1. The van der Waals surface area contributed by atoms with Crippen LogP contribution in [0.15, 0.2) is 83.0 Å².